The molecule has 0 spiro atoms. The van der Waals surface area contributed by atoms with Crippen molar-refractivity contribution in [3.05, 3.63) is 146 Å². The van der Waals surface area contributed by atoms with E-state index in [2.05, 4.69) is 179 Å². The number of halogens is 2. The molecule has 2 radical (unpaired) electrons. The van der Waals surface area contributed by atoms with E-state index in [0.29, 0.717) is 5.92 Å². The fourth-order valence-corrected chi connectivity index (χ4v) is 6.10. The molecule has 0 aliphatic heterocycles. The zero-order valence-corrected chi connectivity index (χ0v) is 37.5. The summed E-state index contributed by atoms with van der Waals surface area (Å²) >= 11 is 1.36. The van der Waals surface area contributed by atoms with Gasteiger partial charge in [0.25, 0.3) is 0 Å². The van der Waals surface area contributed by atoms with Crippen molar-refractivity contribution >= 4 is 53.2 Å². The summed E-state index contributed by atoms with van der Waals surface area (Å²) in [6.45, 7) is 25.6. The van der Waals surface area contributed by atoms with Gasteiger partial charge >= 0.3 is 30.2 Å². The standard InChI is InChI=1S/2C22H25.2CH3.2ClH.Si.Zr/c1-15(2)18-13-17-7-6-8-20(21(17)14-18)16-9-11-19(12-10-16)22(3,4)5;1-6-16-13-20-15(2)7-12-19(21(20)14-16)17-8-10-18(11-9-17)22(3,4)5;;;;;;/h6-15H,1-5H3;7-14H,6H2,1-5H3;2*1H3;2*1H;;/q4*-1;;;;. The first-order valence-electron chi connectivity index (χ1n) is 16.6. The predicted molar refractivity (Wildman–Crippen MR) is 229 cm³/mol. The van der Waals surface area contributed by atoms with Crippen molar-refractivity contribution < 1.29 is 23.3 Å². The first kappa shape index (κ1) is 47.8. The summed E-state index contributed by atoms with van der Waals surface area (Å²) in [5.41, 5.74) is 12.7. The topological polar surface area (TPSA) is 0 Å². The summed E-state index contributed by atoms with van der Waals surface area (Å²) < 4.78 is 0. The molecule has 6 aromatic rings. The van der Waals surface area contributed by atoms with Gasteiger partial charge in [0.15, 0.2) is 0 Å². The molecule has 0 aliphatic rings. The van der Waals surface area contributed by atoms with Crippen LogP contribution in [0.25, 0.3) is 43.8 Å². The molecule has 6 aromatic carbocycles. The van der Waals surface area contributed by atoms with E-state index < -0.39 is 0 Å². The van der Waals surface area contributed by atoms with Crippen LogP contribution < -0.4 is 0 Å². The second kappa shape index (κ2) is 20.1. The molecule has 0 atom stereocenters. The molecule has 0 bridgehead atoms. The van der Waals surface area contributed by atoms with Gasteiger partial charge in [-0.25, -0.2) is 0 Å². The molecule has 0 saturated heterocycles. The molecule has 50 heavy (non-hydrogen) atoms. The molecule has 0 fully saturated rings. The number of aryl methyl sites for hydroxylation is 2. The van der Waals surface area contributed by atoms with E-state index in [4.69, 9.17) is 0 Å². The monoisotopic (exact) mass is 798 g/mol. The van der Waals surface area contributed by atoms with E-state index in [1.807, 2.05) is 0 Å². The van der Waals surface area contributed by atoms with Crippen LogP contribution >= 0.6 is 24.8 Å². The van der Waals surface area contributed by atoms with E-state index in [-0.39, 0.29) is 50.5 Å². The molecule has 0 unspecified atom stereocenters. The average molecular weight is 801 g/mol. The van der Waals surface area contributed by atoms with Crippen LogP contribution in [-0.2, 0) is 40.6 Å². The van der Waals surface area contributed by atoms with Gasteiger partial charge in [-0.3, -0.25) is 0 Å². The van der Waals surface area contributed by atoms with Crippen LogP contribution in [0.1, 0.15) is 96.0 Å². The van der Waals surface area contributed by atoms with Gasteiger partial charge < -0.3 is 14.9 Å². The second-order valence-corrected chi connectivity index (χ2v) is 14.9. The molecular formula is C46H58Cl2SiZr-4. The Balaban J connectivity index is 0.000000850. The van der Waals surface area contributed by atoms with Crippen LogP contribution in [0.15, 0.2) is 103 Å². The van der Waals surface area contributed by atoms with Gasteiger partial charge in [0.1, 0.15) is 0 Å². The molecule has 0 nitrogen and oxygen atoms in total. The van der Waals surface area contributed by atoms with Crippen LogP contribution in [-0.4, -0.2) is 6.88 Å². The van der Waals surface area contributed by atoms with Gasteiger partial charge in [0.05, 0.1) is 0 Å². The van der Waals surface area contributed by atoms with Crippen LogP contribution in [0.5, 0.6) is 0 Å². The Kier molecular flexibility index (Phi) is 19.2. The molecule has 0 amide bonds. The predicted octanol–water partition coefficient (Wildman–Crippen LogP) is 14.4. The van der Waals surface area contributed by atoms with Crippen molar-refractivity contribution in [3.8, 4) is 22.3 Å². The van der Waals surface area contributed by atoms with E-state index >= 15 is 0 Å². The van der Waals surface area contributed by atoms with Crippen molar-refractivity contribution in [2.45, 2.75) is 92.4 Å². The molecule has 0 aliphatic carbocycles. The Morgan fingerprint density at radius 3 is 1.56 bits per heavy atom. The van der Waals surface area contributed by atoms with Crippen molar-refractivity contribution in [1.82, 2.24) is 0 Å². The van der Waals surface area contributed by atoms with Crippen molar-refractivity contribution in [2.24, 2.45) is 0 Å². The van der Waals surface area contributed by atoms with E-state index in [1.54, 1.807) is 0 Å². The first-order chi connectivity index (χ1) is 21.8. The molecule has 268 valence electrons. The van der Waals surface area contributed by atoms with E-state index in [0.717, 1.165) is 6.42 Å². The summed E-state index contributed by atoms with van der Waals surface area (Å²) in [4.78, 5) is 0. The SMILES string of the molecule is CC(C)c1cc2c(-c3ccc(C(C)(C)C)cc3)cccc2[cH-]1.CCc1cc2c(-c3ccc(C(C)(C)C)cc3)ccc(C)c2[cH-]1.Cl.Cl.[CH3-].[CH3-].[Si]=[Zr]. The zero-order valence-electron chi connectivity index (χ0n) is 32.4. The Labute approximate surface area is 334 Å². The quantitative estimate of drug-likeness (QED) is 0.123. The number of benzene rings is 4. The van der Waals surface area contributed by atoms with Gasteiger partial charge in [-0.05, 0) is 45.4 Å². The Morgan fingerprint density at radius 2 is 1.12 bits per heavy atom. The number of rotatable bonds is 4. The maximum atomic E-state index is 3.06. The van der Waals surface area contributed by atoms with E-state index in [1.165, 1.54) is 95.0 Å². The fraction of sp³-hybridized carbons (Fsp3) is 0.304. The van der Waals surface area contributed by atoms with Crippen LogP contribution in [0.3, 0.4) is 0 Å². The molecular weight excluding hydrogens is 743 g/mol. The molecule has 4 heteroatoms. The molecule has 0 heterocycles. The van der Waals surface area contributed by atoms with Gasteiger partial charge in [0.2, 0.25) is 0 Å². The third-order valence-electron chi connectivity index (χ3n) is 9.14. The summed E-state index contributed by atoms with van der Waals surface area (Å²) in [6, 6.07) is 38.6. The summed E-state index contributed by atoms with van der Waals surface area (Å²) in [5.74, 6) is 0.573. The number of hydrogen-bond donors (Lipinski definition) is 0. The van der Waals surface area contributed by atoms with Crippen molar-refractivity contribution in [1.29, 1.82) is 0 Å². The molecule has 0 saturated carbocycles. The first-order valence-corrected chi connectivity index (χ1v) is 20.8. The third-order valence-corrected chi connectivity index (χ3v) is 9.14. The molecule has 6 rings (SSSR count). The normalized spacial score (nSPS) is 10.8. The minimum absolute atomic E-state index is 0. The Morgan fingerprint density at radius 1 is 0.640 bits per heavy atom. The summed E-state index contributed by atoms with van der Waals surface area (Å²) in [7, 11) is 0. The third kappa shape index (κ3) is 11.1. The average Bonchev–Trinajstić information content (AvgIpc) is 3.68. The fourth-order valence-electron chi connectivity index (χ4n) is 6.10. The summed E-state index contributed by atoms with van der Waals surface area (Å²) in [6.07, 6.45) is 1.09. The van der Waals surface area contributed by atoms with Gasteiger partial charge in [-0.2, -0.15) is 12.1 Å². The van der Waals surface area contributed by atoms with Crippen LogP contribution in [0.4, 0.5) is 0 Å². The molecule has 0 N–H and O–H groups in total. The van der Waals surface area contributed by atoms with Gasteiger partial charge in [0, 0.05) is 0 Å². The van der Waals surface area contributed by atoms with Gasteiger partial charge in [-0.1, -0.05) is 141 Å². The zero-order chi connectivity index (χ0) is 33.8. The number of fused-ring (bicyclic) bond motifs is 2. The van der Waals surface area contributed by atoms with E-state index in [9.17, 15) is 0 Å². The Hall–Kier alpha value is -2.22. The maximum absolute atomic E-state index is 3.06. The summed E-state index contributed by atoms with van der Waals surface area (Å²) in [5, 5.41) is 5.51. The van der Waals surface area contributed by atoms with Crippen LogP contribution in [0.2, 0.25) is 0 Å². The van der Waals surface area contributed by atoms with Crippen LogP contribution in [0, 0.1) is 21.8 Å². The molecule has 0 aromatic heterocycles. The number of hydrogen-bond acceptors (Lipinski definition) is 0. The second-order valence-electron chi connectivity index (χ2n) is 14.9. The Bertz CT molecular complexity index is 1890. The minimum atomic E-state index is 0. The van der Waals surface area contributed by atoms with Crippen molar-refractivity contribution in [3.63, 3.8) is 0 Å². The van der Waals surface area contributed by atoms with Crippen molar-refractivity contribution in [2.75, 3.05) is 0 Å². The van der Waals surface area contributed by atoms with Gasteiger partial charge in [-0.15, -0.1) is 93.4 Å².